The molecule has 4 nitrogen and oxygen atoms in total. The van der Waals surface area contributed by atoms with Crippen molar-refractivity contribution < 1.29 is 13.2 Å². The molecule has 0 aromatic heterocycles. The largest absolute Gasteiger partial charge is 0.432 e. The van der Waals surface area contributed by atoms with Crippen molar-refractivity contribution in [2.75, 3.05) is 0 Å². The van der Waals surface area contributed by atoms with Crippen LogP contribution in [0.3, 0.4) is 0 Å². The summed E-state index contributed by atoms with van der Waals surface area (Å²) in [6, 6.07) is 0. The fourth-order valence-electron chi connectivity index (χ4n) is 0.563. The lowest BCUT2D eigenvalue weighted by Gasteiger charge is -2.19. The molecule has 0 fully saturated rings. The highest BCUT2D eigenvalue weighted by atomic mass is 19.4. The Hall–Kier alpha value is -1.71. The Labute approximate surface area is 65.5 Å². The first kappa shape index (κ1) is 8.39. The Morgan fingerprint density at radius 2 is 2.25 bits per heavy atom. The molecule has 1 rings (SSSR count). The first-order valence-electron chi connectivity index (χ1n) is 2.82. The molecule has 0 bridgehead atoms. The Bertz CT molecular complexity index is 271. The van der Waals surface area contributed by atoms with Gasteiger partial charge in [-0.05, 0) is 6.08 Å². The molecule has 64 valence electrons. The number of halogens is 3. The summed E-state index contributed by atoms with van der Waals surface area (Å²) in [6.07, 6.45) is -1.46. The highest BCUT2D eigenvalue weighted by Gasteiger charge is 2.35. The lowest BCUT2D eigenvalue weighted by molar-refractivity contribution is -0.102. The third-order valence-electron chi connectivity index (χ3n) is 1.05. The number of hydrazone groups is 1. The zero-order chi connectivity index (χ0) is 9.19. The second kappa shape index (κ2) is 2.73. The van der Waals surface area contributed by atoms with E-state index < -0.39 is 11.9 Å². The van der Waals surface area contributed by atoms with Crippen molar-refractivity contribution in [3.05, 3.63) is 11.8 Å². The predicted molar refractivity (Wildman–Crippen MR) is 33.2 cm³/mol. The molecule has 7 heteroatoms. The van der Waals surface area contributed by atoms with Gasteiger partial charge in [0.1, 0.15) is 5.70 Å². The van der Waals surface area contributed by atoms with Crippen molar-refractivity contribution >= 4 is 6.21 Å². The van der Waals surface area contributed by atoms with E-state index in [1.807, 2.05) is 0 Å². The highest BCUT2D eigenvalue weighted by Crippen LogP contribution is 2.23. The average Bonchev–Trinajstić information content (AvgIpc) is 2.03. The monoisotopic (exact) mass is 176 g/mol. The maximum absolute atomic E-state index is 11.9. The molecular weight excluding hydrogens is 173 g/mol. The van der Waals surface area contributed by atoms with Gasteiger partial charge in [0.15, 0.2) is 0 Å². The number of nitriles is 1. The second-order valence-electron chi connectivity index (χ2n) is 1.87. The van der Waals surface area contributed by atoms with Gasteiger partial charge in [-0.15, -0.1) is 5.12 Å². The van der Waals surface area contributed by atoms with Crippen molar-refractivity contribution in [1.82, 2.24) is 10.5 Å². The molecular formula is C5H3F3N4. The summed E-state index contributed by atoms with van der Waals surface area (Å²) >= 11 is 0. The van der Waals surface area contributed by atoms with Gasteiger partial charge in [0.25, 0.3) is 0 Å². The van der Waals surface area contributed by atoms with Crippen LogP contribution in [0.25, 0.3) is 0 Å². The summed E-state index contributed by atoms with van der Waals surface area (Å²) < 4.78 is 35.8. The molecule has 0 saturated heterocycles. The van der Waals surface area contributed by atoms with E-state index >= 15 is 0 Å². The zero-order valence-corrected chi connectivity index (χ0v) is 5.63. The molecule has 0 atom stereocenters. The number of allylic oxidation sites excluding steroid dienone is 2. The molecule has 1 aliphatic heterocycles. The van der Waals surface area contributed by atoms with Crippen LogP contribution in [-0.4, -0.2) is 17.5 Å². The van der Waals surface area contributed by atoms with E-state index in [0.717, 1.165) is 12.3 Å². The molecule has 0 amide bonds. The van der Waals surface area contributed by atoms with Gasteiger partial charge >= 0.3 is 6.18 Å². The summed E-state index contributed by atoms with van der Waals surface area (Å²) in [7, 11) is 0. The fraction of sp³-hybridized carbons (Fsp3) is 0.200. The van der Waals surface area contributed by atoms with Crippen LogP contribution in [0.2, 0.25) is 0 Å². The molecule has 12 heavy (non-hydrogen) atoms. The molecule has 1 heterocycles. The number of hydrazine groups is 1. The van der Waals surface area contributed by atoms with Crippen LogP contribution in [0, 0.1) is 11.5 Å². The van der Waals surface area contributed by atoms with Crippen molar-refractivity contribution in [3.8, 4) is 6.19 Å². The van der Waals surface area contributed by atoms with E-state index in [2.05, 4.69) is 5.10 Å². The van der Waals surface area contributed by atoms with Crippen LogP contribution in [0.5, 0.6) is 0 Å². The second-order valence-corrected chi connectivity index (χ2v) is 1.87. The average molecular weight is 176 g/mol. The summed E-state index contributed by atoms with van der Waals surface area (Å²) in [4.78, 5) is 0. The van der Waals surface area contributed by atoms with Gasteiger partial charge in [-0.2, -0.15) is 23.5 Å². The van der Waals surface area contributed by atoms with Gasteiger partial charge < -0.3 is 0 Å². The van der Waals surface area contributed by atoms with E-state index in [0.29, 0.717) is 5.12 Å². The van der Waals surface area contributed by atoms with Gasteiger partial charge in [0.2, 0.25) is 6.19 Å². The zero-order valence-electron chi connectivity index (χ0n) is 5.63. The molecule has 0 unspecified atom stereocenters. The molecule has 1 N–H and O–H groups in total. The highest BCUT2D eigenvalue weighted by molar-refractivity contribution is 5.72. The minimum atomic E-state index is -4.48. The Morgan fingerprint density at radius 3 is 2.75 bits per heavy atom. The Morgan fingerprint density at radius 1 is 1.58 bits per heavy atom. The van der Waals surface area contributed by atoms with Crippen LogP contribution in [0.4, 0.5) is 13.2 Å². The van der Waals surface area contributed by atoms with Gasteiger partial charge in [0.05, 0.1) is 6.21 Å². The summed E-state index contributed by atoms with van der Waals surface area (Å²) in [6.45, 7) is 0. The molecule has 0 spiro atoms. The quantitative estimate of drug-likeness (QED) is 0.553. The number of nitrogens with one attached hydrogen (secondary N) is 1. The topological polar surface area (TPSA) is 51.4 Å². The molecule has 0 aliphatic carbocycles. The summed E-state index contributed by atoms with van der Waals surface area (Å²) in [5.41, 5.74) is 0.739. The molecule has 0 saturated carbocycles. The number of hydrogen-bond donors (Lipinski definition) is 1. The first-order chi connectivity index (χ1) is 5.54. The van der Waals surface area contributed by atoms with Gasteiger partial charge in [-0.1, -0.05) is 0 Å². The van der Waals surface area contributed by atoms with Gasteiger partial charge in [-0.25, -0.2) is 0 Å². The summed E-state index contributed by atoms with van der Waals surface area (Å²) in [5.74, 6) is 0. The molecule has 0 radical (unpaired) electrons. The van der Waals surface area contributed by atoms with E-state index in [1.165, 1.54) is 6.19 Å². The van der Waals surface area contributed by atoms with Crippen LogP contribution in [0.1, 0.15) is 0 Å². The minimum Gasteiger partial charge on any atom is -0.263 e. The summed E-state index contributed by atoms with van der Waals surface area (Å²) in [5, 5.41) is 11.9. The standard InChI is InChI=1S/C5H3F3N4/c6-5(7,8)4-1-2-10-12(3-9)11-4/h1-2,11H. The van der Waals surface area contributed by atoms with Gasteiger partial charge in [-0.3, -0.25) is 5.43 Å². The van der Waals surface area contributed by atoms with Crippen molar-refractivity contribution in [3.63, 3.8) is 0 Å². The predicted octanol–water partition coefficient (Wildman–Crippen LogP) is 0.720. The SMILES string of the molecule is N#CN1N=CC=C(C(F)(F)F)N1. The van der Waals surface area contributed by atoms with E-state index in [1.54, 1.807) is 5.43 Å². The van der Waals surface area contributed by atoms with Crippen LogP contribution in [-0.2, 0) is 0 Å². The number of rotatable bonds is 0. The molecule has 0 aromatic rings. The number of alkyl halides is 3. The third-order valence-corrected chi connectivity index (χ3v) is 1.05. The van der Waals surface area contributed by atoms with Crippen LogP contribution < -0.4 is 5.43 Å². The lowest BCUT2D eigenvalue weighted by Crippen LogP contribution is -2.37. The Kier molecular flexibility index (Phi) is 1.91. The molecule has 0 aromatic carbocycles. The van der Waals surface area contributed by atoms with E-state index in [4.69, 9.17) is 5.26 Å². The van der Waals surface area contributed by atoms with Crippen molar-refractivity contribution in [2.45, 2.75) is 6.18 Å². The normalized spacial score (nSPS) is 16.5. The van der Waals surface area contributed by atoms with Crippen molar-refractivity contribution in [1.29, 1.82) is 5.26 Å². The number of nitrogens with zero attached hydrogens (tertiary/aromatic N) is 3. The molecule has 1 aliphatic rings. The van der Waals surface area contributed by atoms with E-state index in [9.17, 15) is 13.2 Å². The third kappa shape index (κ3) is 1.66. The Balaban J connectivity index is 2.78. The lowest BCUT2D eigenvalue weighted by atomic mass is 10.4. The smallest absolute Gasteiger partial charge is 0.263 e. The van der Waals surface area contributed by atoms with Crippen LogP contribution >= 0.6 is 0 Å². The van der Waals surface area contributed by atoms with Gasteiger partial charge in [0, 0.05) is 0 Å². The number of hydrogen-bond acceptors (Lipinski definition) is 4. The van der Waals surface area contributed by atoms with Crippen LogP contribution in [0.15, 0.2) is 16.9 Å². The van der Waals surface area contributed by atoms with E-state index in [-0.39, 0.29) is 0 Å². The fourth-order valence-corrected chi connectivity index (χ4v) is 0.563. The maximum Gasteiger partial charge on any atom is 0.432 e. The first-order valence-corrected chi connectivity index (χ1v) is 2.82. The maximum atomic E-state index is 11.9. The van der Waals surface area contributed by atoms with Crippen molar-refractivity contribution in [2.24, 2.45) is 5.10 Å². The minimum absolute atomic E-state index is 0.419.